The molecule has 0 atom stereocenters. The molecule has 0 aromatic carbocycles. The lowest BCUT2D eigenvalue weighted by atomic mass is 10.3. The van der Waals surface area contributed by atoms with Crippen molar-refractivity contribution in [3.8, 4) is 11.5 Å². The Kier molecular flexibility index (Phi) is 2.83. The van der Waals surface area contributed by atoms with Gasteiger partial charge in [0.25, 0.3) is 0 Å². The standard InChI is InChI=1S/C11H11BrN2OS/c12-10-3-7(6-16-10)11-14-9(5-15-11)4-13-8-1-2-8/h3,5-6,8,13H,1-2,4H2. The van der Waals surface area contributed by atoms with Gasteiger partial charge in [0.05, 0.1) is 9.48 Å². The van der Waals surface area contributed by atoms with E-state index in [4.69, 9.17) is 4.42 Å². The average molecular weight is 299 g/mol. The monoisotopic (exact) mass is 298 g/mol. The fraction of sp³-hybridized carbons (Fsp3) is 0.364. The predicted octanol–water partition coefficient (Wildman–Crippen LogP) is 3.42. The zero-order valence-corrected chi connectivity index (χ0v) is 11.0. The molecule has 84 valence electrons. The van der Waals surface area contributed by atoms with Gasteiger partial charge in [-0.3, -0.25) is 0 Å². The van der Waals surface area contributed by atoms with Crippen molar-refractivity contribution in [2.75, 3.05) is 0 Å². The van der Waals surface area contributed by atoms with E-state index >= 15 is 0 Å². The van der Waals surface area contributed by atoms with Gasteiger partial charge >= 0.3 is 0 Å². The molecule has 1 fully saturated rings. The van der Waals surface area contributed by atoms with E-state index in [9.17, 15) is 0 Å². The Bertz CT molecular complexity index is 490. The van der Waals surface area contributed by atoms with Crippen LogP contribution in [0, 0.1) is 0 Å². The second-order valence-corrected chi connectivity index (χ2v) is 6.23. The van der Waals surface area contributed by atoms with E-state index < -0.39 is 0 Å². The van der Waals surface area contributed by atoms with E-state index in [-0.39, 0.29) is 0 Å². The molecule has 5 heteroatoms. The molecule has 2 aromatic heterocycles. The van der Waals surface area contributed by atoms with Crippen LogP contribution >= 0.6 is 27.3 Å². The number of halogens is 1. The molecule has 3 nitrogen and oxygen atoms in total. The third-order valence-electron chi connectivity index (χ3n) is 2.52. The first kappa shape index (κ1) is 10.5. The summed E-state index contributed by atoms with van der Waals surface area (Å²) < 4.78 is 6.55. The molecule has 0 unspecified atom stereocenters. The van der Waals surface area contributed by atoms with Crippen molar-refractivity contribution in [2.24, 2.45) is 0 Å². The van der Waals surface area contributed by atoms with E-state index in [0.717, 1.165) is 21.6 Å². The molecule has 0 aliphatic heterocycles. The van der Waals surface area contributed by atoms with E-state index in [0.29, 0.717) is 11.9 Å². The summed E-state index contributed by atoms with van der Waals surface area (Å²) in [6, 6.07) is 2.73. The van der Waals surface area contributed by atoms with Crippen LogP contribution in [0.4, 0.5) is 0 Å². The lowest BCUT2D eigenvalue weighted by Gasteiger charge is -1.95. The first-order valence-corrected chi connectivity index (χ1v) is 6.91. The summed E-state index contributed by atoms with van der Waals surface area (Å²) in [5.74, 6) is 0.703. The third kappa shape index (κ3) is 2.36. The van der Waals surface area contributed by atoms with Gasteiger partial charge in [0.2, 0.25) is 5.89 Å². The van der Waals surface area contributed by atoms with Gasteiger partial charge in [0.15, 0.2) is 0 Å². The van der Waals surface area contributed by atoms with Gasteiger partial charge in [-0.05, 0) is 34.8 Å². The van der Waals surface area contributed by atoms with Gasteiger partial charge in [-0.1, -0.05) is 0 Å². The van der Waals surface area contributed by atoms with Crippen molar-refractivity contribution in [3.63, 3.8) is 0 Å². The molecular formula is C11H11BrN2OS. The van der Waals surface area contributed by atoms with Gasteiger partial charge in [0.1, 0.15) is 6.26 Å². The minimum absolute atomic E-state index is 0.703. The average Bonchev–Trinajstić information content (AvgIpc) is 2.81. The van der Waals surface area contributed by atoms with Crippen molar-refractivity contribution in [2.45, 2.75) is 25.4 Å². The van der Waals surface area contributed by atoms with E-state index in [1.807, 2.05) is 11.4 Å². The van der Waals surface area contributed by atoms with Crippen LogP contribution in [0.5, 0.6) is 0 Å². The number of nitrogens with one attached hydrogen (secondary N) is 1. The summed E-state index contributed by atoms with van der Waals surface area (Å²) in [4.78, 5) is 4.45. The Morgan fingerprint density at radius 1 is 1.56 bits per heavy atom. The molecule has 1 saturated carbocycles. The highest BCUT2D eigenvalue weighted by Crippen LogP contribution is 2.28. The zero-order valence-electron chi connectivity index (χ0n) is 8.57. The molecule has 1 N–H and O–H groups in total. The van der Waals surface area contributed by atoms with Crippen molar-refractivity contribution in [1.29, 1.82) is 0 Å². The molecule has 16 heavy (non-hydrogen) atoms. The molecule has 0 spiro atoms. The molecule has 1 aliphatic rings. The topological polar surface area (TPSA) is 38.1 Å². The van der Waals surface area contributed by atoms with Gasteiger partial charge in [0, 0.05) is 23.5 Å². The van der Waals surface area contributed by atoms with E-state index in [1.54, 1.807) is 17.6 Å². The quantitative estimate of drug-likeness (QED) is 0.940. The van der Waals surface area contributed by atoms with Crippen molar-refractivity contribution in [1.82, 2.24) is 10.3 Å². The lowest BCUT2D eigenvalue weighted by molar-refractivity contribution is 0.570. The third-order valence-corrected chi connectivity index (χ3v) is 4.02. The zero-order chi connectivity index (χ0) is 11.0. The van der Waals surface area contributed by atoms with Crippen molar-refractivity contribution < 1.29 is 4.42 Å². The summed E-state index contributed by atoms with van der Waals surface area (Å²) in [5, 5.41) is 5.45. The van der Waals surface area contributed by atoms with E-state index in [2.05, 4.69) is 26.2 Å². The Morgan fingerprint density at radius 2 is 2.44 bits per heavy atom. The fourth-order valence-corrected chi connectivity index (χ4v) is 2.61. The van der Waals surface area contributed by atoms with Crippen LogP contribution in [-0.4, -0.2) is 11.0 Å². The Balaban J connectivity index is 1.71. The molecule has 0 saturated heterocycles. The number of hydrogen-bond acceptors (Lipinski definition) is 4. The number of nitrogens with zero attached hydrogens (tertiary/aromatic N) is 1. The minimum atomic E-state index is 0.703. The Labute approximate surface area is 106 Å². The normalized spacial score (nSPS) is 15.6. The van der Waals surface area contributed by atoms with Crippen LogP contribution in [-0.2, 0) is 6.54 Å². The molecule has 3 rings (SSSR count). The SMILES string of the molecule is Brc1cc(-c2nc(CNC3CC3)co2)cs1. The maximum absolute atomic E-state index is 5.45. The maximum atomic E-state index is 5.45. The Hall–Kier alpha value is -0.650. The summed E-state index contributed by atoms with van der Waals surface area (Å²) >= 11 is 5.07. The largest absolute Gasteiger partial charge is 0.444 e. The fourth-order valence-electron chi connectivity index (χ4n) is 1.48. The number of hydrogen-bond donors (Lipinski definition) is 1. The van der Waals surface area contributed by atoms with Crippen LogP contribution in [0.2, 0.25) is 0 Å². The van der Waals surface area contributed by atoms with Gasteiger partial charge in [-0.25, -0.2) is 4.98 Å². The van der Waals surface area contributed by atoms with Crippen LogP contribution in [0.1, 0.15) is 18.5 Å². The molecule has 0 bridgehead atoms. The van der Waals surface area contributed by atoms with Crippen molar-refractivity contribution in [3.05, 3.63) is 27.2 Å². The first-order chi connectivity index (χ1) is 7.81. The second-order valence-electron chi connectivity index (χ2n) is 3.94. The minimum Gasteiger partial charge on any atom is -0.444 e. The van der Waals surface area contributed by atoms with Crippen LogP contribution in [0.25, 0.3) is 11.5 Å². The summed E-state index contributed by atoms with van der Waals surface area (Å²) in [6.07, 6.45) is 4.32. The van der Waals surface area contributed by atoms with Gasteiger partial charge in [-0.15, -0.1) is 11.3 Å². The molecule has 0 radical (unpaired) electrons. The second kappa shape index (κ2) is 4.31. The molecular weight excluding hydrogens is 288 g/mol. The number of aromatic nitrogens is 1. The first-order valence-electron chi connectivity index (χ1n) is 5.23. The summed E-state index contributed by atoms with van der Waals surface area (Å²) in [7, 11) is 0. The number of rotatable bonds is 4. The van der Waals surface area contributed by atoms with E-state index in [1.165, 1.54) is 12.8 Å². The van der Waals surface area contributed by atoms with Crippen LogP contribution in [0.3, 0.4) is 0 Å². The number of oxazole rings is 1. The van der Waals surface area contributed by atoms with Gasteiger partial charge < -0.3 is 9.73 Å². The highest BCUT2D eigenvalue weighted by molar-refractivity contribution is 9.11. The highest BCUT2D eigenvalue weighted by atomic mass is 79.9. The van der Waals surface area contributed by atoms with Crippen molar-refractivity contribution >= 4 is 27.3 Å². The summed E-state index contributed by atoms with van der Waals surface area (Å²) in [6.45, 7) is 0.805. The van der Waals surface area contributed by atoms with Gasteiger partial charge in [-0.2, -0.15) is 0 Å². The van der Waals surface area contributed by atoms with Crippen LogP contribution < -0.4 is 5.32 Å². The summed E-state index contributed by atoms with van der Waals surface area (Å²) in [5.41, 5.74) is 2.01. The molecule has 0 amide bonds. The molecule has 2 heterocycles. The Morgan fingerprint density at radius 3 is 3.12 bits per heavy atom. The maximum Gasteiger partial charge on any atom is 0.227 e. The number of thiophene rings is 1. The highest BCUT2D eigenvalue weighted by Gasteiger charge is 2.20. The smallest absolute Gasteiger partial charge is 0.227 e. The lowest BCUT2D eigenvalue weighted by Crippen LogP contribution is -2.15. The van der Waals surface area contributed by atoms with Crippen LogP contribution in [0.15, 0.2) is 25.9 Å². The molecule has 2 aromatic rings. The predicted molar refractivity (Wildman–Crippen MR) is 67.4 cm³/mol. The molecule has 1 aliphatic carbocycles.